The van der Waals surface area contributed by atoms with E-state index >= 15 is 0 Å². The molecule has 0 spiro atoms. The molecule has 2 aliphatic rings. The van der Waals surface area contributed by atoms with Crippen molar-refractivity contribution in [2.24, 2.45) is 5.92 Å². The van der Waals surface area contributed by atoms with Crippen LogP contribution in [0.25, 0.3) is 0 Å². The number of rotatable bonds is 2. The molecule has 0 saturated carbocycles. The van der Waals surface area contributed by atoms with Crippen LogP contribution in [-0.4, -0.2) is 36.3 Å². The lowest BCUT2D eigenvalue weighted by molar-refractivity contribution is -0.134. The summed E-state index contributed by atoms with van der Waals surface area (Å²) in [4.78, 5) is 28.5. The Balaban J connectivity index is 1.82. The van der Waals surface area contributed by atoms with E-state index < -0.39 is 0 Å². The highest BCUT2D eigenvalue weighted by atomic mass is 35.5. The molecule has 1 unspecified atom stereocenters. The van der Waals surface area contributed by atoms with Crippen molar-refractivity contribution in [3.8, 4) is 0 Å². The number of hydrogen-bond donors (Lipinski definition) is 0. The van der Waals surface area contributed by atoms with Gasteiger partial charge in [-0.1, -0.05) is 17.7 Å². The second-order valence-corrected chi connectivity index (χ2v) is 6.76. The number of aryl methyl sites for hydroxylation is 2. The second kappa shape index (κ2) is 5.92. The van der Waals surface area contributed by atoms with Gasteiger partial charge in [0.25, 0.3) is 0 Å². The topological polar surface area (TPSA) is 40.6 Å². The monoisotopic (exact) mass is 320 g/mol. The average Bonchev–Trinajstić information content (AvgIpc) is 3.07. The third kappa shape index (κ3) is 2.72. The van der Waals surface area contributed by atoms with Crippen LogP contribution in [0.15, 0.2) is 12.1 Å². The van der Waals surface area contributed by atoms with Crippen LogP contribution in [0.1, 0.15) is 30.4 Å². The lowest BCUT2D eigenvalue weighted by Crippen LogP contribution is -2.35. The number of carbonyl (C=O) groups excluding carboxylic acids is 2. The minimum Gasteiger partial charge on any atom is -0.342 e. The first kappa shape index (κ1) is 15.3. The molecule has 2 amide bonds. The van der Waals surface area contributed by atoms with Crippen LogP contribution >= 0.6 is 11.6 Å². The molecule has 0 aliphatic carbocycles. The van der Waals surface area contributed by atoms with Gasteiger partial charge in [0, 0.05) is 26.1 Å². The minimum atomic E-state index is -0.234. The highest BCUT2D eigenvalue weighted by Crippen LogP contribution is 2.35. The summed E-state index contributed by atoms with van der Waals surface area (Å²) in [5, 5.41) is 0.583. The fraction of sp³-hybridized carbons (Fsp3) is 0.529. The fourth-order valence-electron chi connectivity index (χ4n) is 3.53. The van der Waals surface area contributed by atoms with Gasteiger partial charge in [-0.15, -0.1) is 0 Å². The predicted octanol–water partition coefficient (Wildman–Crippen LogP) is 2.93. The maximum Gasteiger partial charge on any atom is 0.228 e. The Bertz CT molecular complexity index is 600. The van der Waals surface area contributed by atoms with E-state index in [4.69, 9.17) is 11.6 Å². The Hall–Kier alpha value is -1.55. The lowest BCUT2D eigenvalue weighted by Gasteiger charge is -2.22. The third-order valence-electron chi connectivity index (χ3n) is 4.56. The highest BCUT2D eigenvalue weighted by Gasteiger charge is 2.38. The fourth-order valence-corrected chi connectivity index (χ4v) is 3.96. The quantitative estimate of drug-likeness (QED) is 0.840. The molecule has 0 aromatic heterocycles. The molecular formula is C17H21ClN2O2. The van der Waals surface area contributed by atoms with Crippen molar-refractivity contribution in [2.75, 3.05) is 24.5 Å². The van der Waals surface area contributed by atoms with Crippen molar-refractivity contribution >= 4 is 29.1 Å². The van der Waals surface area contributed by atoms with Crippen LogP contribution in [0, 0.1) is 19.8 Å². The third-order valence-corrected chi connectivity index (χ3v) is 4.85. The largest absolute Gasteiger partial charge is 0.342 e. The average molecular weight is 321 g/mol. The summed E-state index contributed by atoms with van der Waals surface area (Å²) in [7, 11) is 0. The zero-order chi connectivity index (χ0) is 15.9. The van der Waals surface area contributed by atoms with E-state index in [2.05, 4.69) is 0 Å². The molecule has 0 bridgehead atoms. The number of amides is 2. The number of likely N-dealkylation sites (tertiary alicyclic amines) is 1. The number of hydrogen-bond acceptors (Lipinski definition) is 2. The Morgan fingerprint density at radius 3 is 2.55 bits per heavy atom. The zero-order valence-electron chi connectivity index (χ0n) is 13.1. The minimum absolute atomic E-state index is 0.00796. The summed E-state index contributed by atoms with van der Waals surface area (Å²) >= 11 is 6.35. The molecular weight excluding hydrogens is 300 g/mol. The van der Waals surface area contributed by atoms with Gasteiger partial charge in [0.2, 0.25) is 11.8 Å². The summed E-state index contributed by atoms with van der Waals surface area (Å²) in [5.74, 6) is -0.122. The zero-order valence-corrected chi connectivity index (χ0v) is 13.8. The summed E-state index contributed by atoms with van der Waals surface area (Å²) in [6, 6.07) is 3.89. The second-order valence-electron chi connectivity index (χ2n) is 6.35. The Morgan fingerprint density at radius 1 is 1.23 bits per heavy atom. The van der Waals surface area contributed by atoms with Gasteiger partial charge in [-0.05, 0) is 43.9 Å². The molecule has 3 rings (SSSR count). The van der Waals surface area contributed by atoms with Crippen LogP contribution < -0.4 is 4.90 Å². The van der Waals surface area contributed by atoms with Crippen LogP contribution in [0.2, 0.25) is 5.02 Å². The summed E-state index contributed by atoms with van der Waals surface area (Å²) in [5.41, 5.74) is 2.81. The molecule has 2 aliphatic heterocycles. The standard InChI is InChI=1S/C17H21ClN2O2/c1-11-7-12(2)16(14(18)8-11)20-10-13(9-15(20)21)17(22)19-5-3-4-6-19/h7-8,13H,3-6,9-10H2,1-2H3. The van der Waals surface area contributed by atoms with E-state index in [9.17, 15) is 9.59 Å². The summed E-state index contributed by atoms with van der Waals surface area (Å²) < 4.78 is 0. The van der Waals surface area contributed by atoms with Crippen molar-refractivity contribution in [1.29, 1.82) is 0 Å². The number of benzene rings is 1. The van der Waals surface area contributed by atoms with Gasteiger partial charge >= 0.3 is 0 Å². The van der Waals surface area contributed by atoms with E-state index in [0.717, 1.165) is 42.7 Å². The molecule has 5 heteroatoms. The molecule has 1 aromatic rings. The molecule has 22 heavy (non-hydrogen) atoms. The van der Waals surface area contributed by atoms with Crippen LogP contribution in [0.4, 0.5) is 5.69 Å². The molecule has 2 heterocycles. The lowest BCUT2D eigenvalue weighted by atomic mass is 10.1. The van der Waals surface area contributed by atoms with Crippen molar-refractivity contribution in [3.05, 3.63) is 28.3 Å². The molecule has 4 nitrogen and oxygen atoms in total. The van der Waals surface area contributed by atoms with Crippen molar-refractivity contribution in [2.45, 2.75) is 33.1 Å². The molecule has 0 radical (unpaired) electrons. The van der Waals surface area contributed by atoms with Crippen LogP contribution in [0.5, 0.6) is 0 Å². The van der Waals surface area contributed by atoms with Crippen molar-refractivity contribution < 1.29 is 9.59 Å². The Morgan fingerprint density at radius 2 is 1.91 bits per heavy atom. The van der Waals surface area contributed by atoms with Gasteiger partial charge in [0.15, 0.2) is 0 Å². The van der Waals surface area contributed by atoms with Crippen molar-refractivity contribution in [1.82, 2.24) is 4.90 Å². The molecule has 0 N–H and O–H groups in total. The first-order valence-corrected chi connectivity index (χ1v) is 8.21. The molecule has 1 atom stereocenters. The Kier molecular flexibility index (Phi) is 4.13. The van der Waals surface area contributed by atoms with Gasteiger partial charge in [0.05, 0.1) is 16.6 Å². The van der Waals surface area contributed by atoms with Crippen LogP contribution in [0.3, 0.4) is 0 Å². The van der Waals surface area contributed by atoms with Gasteiger partial charge in [-0.25, -0.2) is 0 Å². The van der Waals surface area contributed by atoms with Gasteiger partial charge in [-0.2, -0.15) is 0 Å². The number of anilines is 1. The van der Waals surface area contributed by atoms with Crippen LogP contribution in [-0.2, 0) is 9.59 Å². The SMILES string of the molecule is Cc1cc(C)c(N2CC(C(=O)N3CCCC3)CC2=O)c(Cl)c1. The molecule has 1 aromatic carbocycles. The van der Waals surface area contributed by atoms with Gasteiger partial charge < -0.3 is 9.80 Å². The summed E-state index contributed by atoms with van der Waals surface area (Å²) in [6.07, 6.45) is 2.43. The highest BCUT2D eigenvalue weighted by molar-refractivity contribution is 6.34. The number of halogens is 1. The van der Waals surface area contributed by atoms with E-state index in [1.165, 1.54) is 0 Å². The molecule has 2 fully saturated rings. The van der Waals surface area contributed by atoms with E-state index in [0.29, 0.717) is 18.0 Å². The normalized spacial score (nSPS) is 21.8. The van der Waals surface area contributed by atoms with E-state index in [-0.39, 0.29) is 17.7 Å². The first-order valence-electron chi connectivity index (χ1n) is 7.83. The number of nitrogens with zero attached hydrogens (tertiary/aromatic N) is 2. The smallest absolute Gasteiger partial charge is 0.228 e. The summed E-state index contributed by atoms with van der Waals surface area (Å²) in [6.45, 7) is 6.03. The number of carbonyl (C=O) groups is 2. The Labute approximate surface area is 136 Å². The predicted molar refractivity (Wildman–Crippen MR) is 87.2 cm³/mol. The maximum atomic E-state index is 12.5. The maximum absolute atomic E-state index is 12.5. The van der Waals surface area contributed by atoms with Gasteiger partial charge in [-0.3, -0.25) is 9.59 Å². The van der Waals surface area contributed by atoms with E-state index in [1.54, 1.807) is 4.90 Å². The van der Waals surface area contributed by atoms with Gasteiger partial charge in [0.1, 0.15) is 0 Å². The first-order chi connectivity index (χ1) is 10.5. The van der Waals surface area contributed by atoms with Crippen molar-refractivity contribution in [3.63, 3.8) is 0 Å². The molecule has 2 saturated heterocycles. The molecule has 118 valence electrons. The van der Waals surface area contributed by atoms with E-state index in [1.807, 2.05) is 30.9 Å².